The normalized spacial score (nSPS) is 19.8. The molecular formula is C48H79N13O20. The minimum atomic E-state index is -1.89. The molecule has 2 heterocycles. The molecular weight excluding hydrogens is 1080 g/mol. The van der Waals surface area contributed by atoms with Crippen molar-refractivity contribution in [2.75, 3.05) is 26.2 Å². The van der Waals surface area contributed by atoms with Gasteiger partial charge in [0, 0.05) is 19.5 Å². The number of aliphatic carboxylic acids is 2. The lowest BCUT2D eigenvalue weighted by Crippen LogP contribution is -2.62. The molecule has 2 saturated heterocycles. The van der Waals surface area contributed by atoms with Gasteiger partial charge in [-0.25, -0.2) is 4.79 Å². The van der Waals surface area contributed by atoms with Gasteiger partial charge in [-0.05, 0) is 72.6 Å². The van der Waals surface area contributed by atoms with Crippen LogP contribution in [-0.4, -0.2) is 234 Å². The van der Waals surface area contributed by atoms with Gasteiger partial charge in [-0.15, -0.1) is 0 Å². The van der Waals surface area contributed by atoms with Crippen LogP contribution in [0.15, 0.2) is 0 Å². The molecule has 2 aliphatic heterocycles. The molecule has 0 bridgehead atoms. The Morgan fingerprint density at radius 3 is 1.44 bits per heavy atom. The maximum atomic E-state index is 14.3. The molecule has 0 aromatic carbocycles. The van der Waals surface area contributed by atoms with Gasteiger partial charge in [-0.2, -0.15) is 0 Å². The Hall–Kier alpha value is -7.62. The number of likely N-dealkylation sites (tertiary alicyclic amines) is 2. The van der Waals surface area contributed by atoms with Crippen molar-refractivity contribution in [3.8, 4) is 0 Å². The smallest absolute Gasteiger partial charge is 0.326 e. The van der Waals surface area contributed by atoms with Crippen molar-refractivity contribution < 1.29 is 97.8 Å². The summed E-state index contributed by atoms with van der Waals surface area (Å²) in [5.74, 6) is -15.4. The van der Waals surface area contributed by atoms with Crippen molar-refractivity contribution in [3.05, 3.63) is 0 Å². The molecule has 0 spiro atoms. The molecule has 2 aliphatic rings. The number of carbonyl (C=O) groups excluding carboxylic acids is 12. The van der Waals surface area contributed by atoms with Crippen LogP contribution in [0.4, 0.5) is 0 Å². The fourth-order valence-corrected chi connectivity index (χ4v) is 8.61. The molecule has 81 heavy (non-hydrogen) atoms. The molecule has 0 aliphatic carbocycles. The van der Waals surface area contributed by atoms with Gasteiger partial charge in [0.2, 0.25) is 70.9 Å². The zero-order valence-corrected chi connectivity index (χ0v) is 46.1. The molecule has 2 rings (SSSR count). The summed E-state index contributed by atoms with van der Waals surface area (Å²) in [4.78, 5) is 184. The Morgan fingerprint density at radius 1 is 0.531 bits per heavy atom. The number of amides is 12. The number of nitrogens with one attached hydrogen (secondary N) is 9. The average molecular weight is 1160 g/mol. The Kier molecular flexibility index (Phi) is 28.0. The first kappa shape index (κ1) is 69.5. The van der Waals surface area contributed by atoms with E-state index in [1.165, 1.54) is 18.7 Å². The number of nitrogens with zero attached hydrogens (tertiary/aromatic N) is 2. The van der Waals surface area contributed by atoms with E-state index in [2.05, 4.69) is 42.5 Å². The number of hydrogen-bond donors (Lipinski definition) is 17. The number of carboxylic acids is 2. The topological polar surface area (TPSA) is 527 Å². The van der Waals surface area contributed by atoms with Crippen molar-refractivity contribution in [2.24, 2.45) is 17.4 Å². The number of aliphatic hydroxyl groups excluding tert-OH is 4. The summed E-state index contributed by atoms with van der Waals surface area (Å²) < 4.78 is 0. The molecule has 0 aromatic heterocycles. The van der Waals surface area contributed by atoms with E-state index in [1.807, 2.05) is 5.32 Å². The second-order valence-electron chi connectivity index (χ2n) is 20.0. The largest absolute Gasteiger partial charge is 0.481 e. The van der Waals surface area contributed by atoms with Crippen LogP contribution in [-0.2, 0) is 67.1 Å². The van der Waals surface area contributed by atoms with Crippen LogP contribution >= 0.6 is 0 Å². The number of carbonyl (C=O) groups is 14. The van der Waals surface area contributed by atoms with E-state index in [9.17, 15) is 92.7 Å². The lowest BCUT2D eigenvalue weighted by atomic mass is 9.97. The number of carboxylic acid groups (broad SMARTS) is 2. The Labute approximate surface area is 465 Å². The third-order valence-electron chi connectivity index (χ3n) is 13.4. The SMILES string of the molecule is CC[C@H](C)[C@H](NC(=O)[C@H](C)NC(=O)[C@@H](NC(=O)[C@H](CO)NC(=O)[C@H](CCC(N)=O)NC(=O)[C@@H](NC(=O)CN)[C@@H](C)O)[C@@H](C)O)C(=O)N1CCC[C@H]1C(=O)N[C@@H](C)C(=O)N1CCC[C@H]1C(=O)N[C@H](C(=O)N[C@@H](CC(=O)O)C(=O)O)[C@@H](C)O. The summed E-state index contributed by atoms with van der Waals surface area (Å²) in [6.45, 7) is 7.68. The van der Waals surface area contributed by atoms with Crippen LogP contribution in [0.1, 0.15) is 99.8 Å². The maximum absolute atomic E-state index is 14.3. The van der Waals surface area contributed by atoms with Gasteiger partial charge in [0.1, 0.15) is 66.5 Å². The molecule has 12 amide bonds. The van der Waals surface area contributed by atoms with E-state index < -0.39 is 206 Å². The number of hydrogen-bond acceptors (Lipinski definition) is 19. The number of primary amides is 1. The molecule has 0 saturated carbocycles. The minimum Gasteiger partial charge on any atom is -0.481 e. The van der Waals surface area contributed by atoms with Gasteiger partial charge in [0.25, 0.3) is 0 Å². The lowest BCUT2D eigenvalue weighted by molar-refractivity contribution is -0.148. The van der Waals surface area contributed by atoms with Gasteiger partial charge in [0.15, 0.2) is 0 Å². The Morgan fingerprint density at radius 2 is 0.975 bits per heavy atom. The van der Waals surface area contributed by atoms with Crippen molar-refractivity contribution in [3.63, 3.8) is 0 Å². The highest BCUT2D eigenvalue weighted by atomic mass is 16.4. The van der Waals surface area contributed by atoms with Crippen molar-refractivity contribution in [1.82, 2.24) is 57.7 Å². The first-order chi connectivity index (χ1) is 37.8. The third kappa shape index (κ3) is 20.8. The summed E-state index contributed by atoms with van der Waals surface area (Å²) in [5, 5.41) is 79.9. The standard InChI is InChI=1S/C48H79N13O20/c1-8-20(2)34(47(79)61-16-10-11-29(61)41(73)52-22(4)46(78)60-15-9-12-30(60)42(74)59-37(25(7)65)45(77)54-27(48(80)81)17-33(68)69)57-38(70)21(3)51-43(75)36(24(6)64)58-40(72)28(19-62)55-39(71)26(13-14-31(50)66)53-44(76)35(23(5)63)56-32(67)18-49/h20-30,34-37,62-65H,8-19,49H2,1-7H3,(H2,50,66)(H,51,75)(H,52,73)(H,53,76)(H,54,77)(H,55,71)(H,56,67)(H,57,70)(H,58,72)(H,59,74)(H,68,69)(H,80,81)/t20-,21-,22-,23+,24+,25+,26-,27-,28-,29-,30-,34-,35-,36-,37-/m0/s1. The second-order valence-corrected chi connectivity index (χ2v) is 20.0. The summed E-state index contributed by atoms with van der Waals surface area (Å²) in [6.07, 6.45) is -5.56. The van der Waals surface area contributed by atoms with E-state index in [0.29, 0.717) is 19.3 Å². The van der Waals surface area contributed by atoms with Crippen LogP contribution in [0.2, 0.25) is 0 Å². The van der Waals surface area contributed by atoms with Crippen molar-refractivity contribution >= 4 is 82.8 Å². The molecule has 456 valence electrons. The van der Waals surface area contributed by atoms with Gasteiger partial charge in [-0.1, -0.05) is 20.3 Å². The molecule has 0 aromatic rings. The zero-order valence-electron chi connectivity index (χ0n) is 46.1. The quantitative estimate of drug-likeness (QED) is 0.0297. The zero-order chi connectivity index (χ0) is 61.7. The molecule has 33 nitrogen and oxygen atoms in total. The molecule has 15 atom stereocenters. The fourth-order valence-electron chi connectivity index (χ4n) is 8.61. The molecule has 0 unspecified atom stereocenters. The van der Waals surface area contributed by atoms with E-state index >= 15 is 0 Å². The summed E-state index contributed by atoms with van der Waals surface area (Å²) in [7, 11) is 0. The number of aliphatic hydroxyl groups is 4. The molecule has 0 radical (unpaired) electrons. The van der Waals surface area contributed by atoms with E-state index in [0.717, 1.165) is 25.7 Å². The lowest BCUT2D eigenvalue weighted by Gasteiger charge is -2.33. The van der Waals surface area contributed by atoms with Crippen molar-refractivity contribution in [2.45, 2.75) is 185 Å². The maximum Gasteiger partial charge on any atom is 0.326 e. The fraction of sp³-hybridized carbons (Fsp3) is 0.708. The summed E-state index contributed by atoms with van der Waals surface area (Å²) >= 11 is 0. The summed E-state index contributed by atoms with van der Waals surface area (Å²) in [6, 6.07) is -17.1. The van der Waals surface area contributed by atoms with E-state index in [4.69, 9.17) is 16.6 Å². The third-order valence-corrected chi connectivity index (χ3v) is 13.4. The highest BCUT2D eigenvalue weighted by molar-refractivity contribution is 6.00. The number of rotatable bonds is 32. The Bertz CT molecular complexity index is 2320. The Balaban J connectivity index is 2.18. The van der Waals surface area contributed by atoms with Crippen LogP contribution < -0.4 is 59.3 Å². The molecule has 33 heteroatoms. The van der Waals surface area contributed by atoms with E-state index in [1.54, 1.807) is 13.8 Å². The summed E-state index contributed by atoms with van der Waals surface area (Å²) in [5.41, 5.74) is 10.5. The highest BCUT2D eigenvalue weighted by Crippen LogP contribution is 2.23. The van der Waals surface area contributed by atoms with Crippen LogP contribution in [0, 0.1) is 5.92 Å². The first-order valence-electron chi connectivity index (χ1n) is 26.2. The molecule has 2 fully saturated rings. The van der Waals surface area contributed by atoms with Gasteiger partial charge >= 0.3 is 11.9 Å². The predicted octanol–water partition coefficient (Wildman–Crippen LogP) is -8.66. The predicted molar refractivity (Wildman–Crippen MR) is 277 cm³/mol. The van der Waals surface area contributed by atoms with E-state index in [-0.39, 0.29) is 25.9 Å². The molecule has 19 N–H and O–H groups in total. The monoisotopic (exact) mass is 1160 g/mol. The second kappa shape index (κ2) is 32.6. The number of nitrogens with two attached hydrogens (primary N) is 2. The highest BCUT2D eigenvalue weighted by Gasteiger charge is 2.43. The van der Waals surface area contributed by atoms with Gasteiger partial charge in [0.05, 0.1) is 37.9 Å². The van der Waals surface area contributed by atoms with Crippen molar-refractivity contribution in [1.29, 1.82) is 0 Å². The average Bonchev–Trinajstić information content (AvgIpc) is 4.10. The van der Waals surface area contributed by atoms with Gasteiger partial charge < -0.3 is 99.8 Å². The van der Waals surface area contributed by atoms with Crippen LogP contribution in [0.5, 0.6) is 0 Å². The van der Waals surface area contributed by atoms with Crippen LogP contribution in [0.25, 0.3) is 0 Å². The minimum absolute atomic E-state index is 0.0324. The first-order valence-corrected chi connectivity index (χ1v) is 26.2. The van der Waals surface area contributed by atoms with Crippen LogP contribution in [0.3, 0.4) is 0 Å². The van der Waals surface area contributed by atoms with Gasteiger partial charge in [-0.3, -0.25) is 62.3 Å².